The van der Waals surface area contributed by atoms with Gasteiger partial charge in [-0.25, -0.2) is 4.98 Å². The second kappa shape index (κ2) is 7.98. The molecule has 1 atom stereocenters. The summed E-state index contributed by atoms with van der Waals surface area (Å²) in [5.74, 6) is 0. The van der Waals surface area contributed by atoms with Crippen LogP contribution in [0.15, 0.2) is 0 Å². The Morgan fingerprint density at radius 3 is 2.95 bits per heavy atom. The molecule has 0 bridgehead atoms. The lowest BCUT2D eigenvalue weighted by molar-refractivity contribution is 0.195. The van der Waals surface area contributed by atoms with E-state index in [0.717, 1.165) is 13.2 Å². The molecule has 1 aromatic heterocycles. The first kappa shape index (κ1) is 14.9. The lowest BCUT2D eigenvalue weighted by Crippen LogP contribution is -2.25. The van der Waals surface area contributed by atoms with Gasteiger partial charge in [0.15, 0.2) is 0 Å². The van der Waals surface area contributed by atoms with Crippen molar-refractivity contribution in [3.05, 3.63) is 15.6 Å². The largest absolute Gasteiger partial charge is 0.383 e. The number of methoxy groups -OCH3 is 1. The predicted octanol–water partition coefficient (Wildman–Crippen LogP) is 3.49. The maximum Gasteiger partial charge on any atom is 0.110 e. The minimum absolute atomic E-state index is 0.422. The first-order valence-corrected chi connectivity index (χ1v) is 8.37. The van der Waals surface area contributed by atoms with Crippen molar-refractivity contribution in [3.8, 4) is 0 Å². The van der Waals surface area contributed by atoms with Crippen molar-refractivity contribution >= 4 is 11.3 Å². The van der Waals surface area contributed by atoms with Gasteiger partial charge >= 0.3 is 0 Å². The van der Waals surface area contributed by atoms with Gasteiger partial charge in [0.2, 0.25) is 0 Å². The molecule has 1 heterocycles. The summed E-state index contributed by atoms with van der Waals surface area (Å²) >= 11 is 1.94. The SMILES string of the molecule is CCCCC(NCCOC)c1nc2c(s1)CCCC2. The number of nitrogens with one attached hydrogen (secondary N) is 1. The summed E-state index contributed by atoms with van der Waals surface area (Å²) in [4.78, 5) is 6.44. The van der Waals surface area contributed by atoms with E-state index in [-0.39, 0.29) is 0 Å². The van der Waals surface area contributed by atoms with Gasteiger partial charge in [-0.2, -0.15) is 0 Å². The van der Waals surface area contributed by atoms with Crippen LogP contribution in [0.3, 0.4) is 0 Å². The number of rotatable bonds is 8. The molecule has 0 spiro atoms. The van der Waals surface area contributed by atoms with E-state index < -0.39 is 0 Å². The Bertz CT molecular complexity index is 355. The van der Waals surface area contributed by atoms with E-state index in [4.69, 9.17) is 9.72 Å². The highest BCUT2D eigenvalue weighted by atomic mass is 32.1. The first-order chi connectivity index (χ1) is 9.35. The summed E-state index contributed by atoms with van der Waals surface area (Å²) in [7, 11) is 1.75. The van der Waals surface area contributed by atoms with Crippen molar-refractivity contribution in [2.24, 2.45) is 0 Å². The van der Waals surface area contributed by atoms with Gasteiger partial charge < -0.3 is 10.1 Å². The molecule has 3 nitrogen and oxygen atoms in total. The van der Waals surface area contributed by atoms with Gasteiger partial charge in [-0.15, -0.1) is 11.3 Å². The molecule has 0 amide bonds. The van der Waals surface area contributed by atoms with Crippen molar-refractivity contribution in [2.75, 3.05) is 20.3 Å². The van der Waals surface area contributed by atoms with Crippen LogP contribution in [0.25, 0.3) is 0 Å². The zero-order valence-corrected chi connectivity index (χ0v) is 13.0. The number of aryl methyl sites for hydroxylation is 2. The molecule has 1 aromatic rings. The van der Waals surface area contributed by atoms with Gasteiger partial charge in [-0.3, -0.25) is 0 Å². The fourth-order valence-electron chi connectivity index (χ4n) is 2.58. The average Bonchev–Trinajstić information content (AvgIpc) is 2.86. The molecule has 19 heavy (non-hydrogen) atoms. The summed E-state index contributed by atoms with van der Waals surface area (Å²) < 4.78 is 5.13. The van der Waals surface area contributed by atoms with Crippen molar-refractivity contribution in [3.63, 3.8) is 0 Å². The van der Waals surface area contributed by atoms with E-state index in [2.05, 4.69) is 12.2 Å². The fourth-order valence-corrected chi connectivity index (χ4v) is 3.84. The Labute approximate surface area is 120 Å². The van der Waals surface area contributed by atoms with E-state index in [0.29, 0.717) is 6.04 Å². The summed E-state index contributed by atoms with van der Waals surface area (Å²) in [5, 5.41) is 4.91. The van der Waals surface area contributed by atoms with Crippen molar-refractivity contribution in [1.82, 2.24) is 10.3 Å². The fraction of sp³-hybridized carbons (Fsp3) is 0.800. The number of nitrogens with zero attached hydrogens (tertiary/aromatic N) is 1. The maximum absolute atomic E-state index is 5.13. The third-order valence-electron chi connectivity index (χ3n) is 3.70. The summed E-state index contributed by atoms with van der Waals surface area (Å²) in [6.45, 7) is 3.93. The lowest BCUT2D eigenvalue weighted by atomic mass is 10.0. The Hall–Kier alpha value is -0.450. The Morgan fingerprint density at radius 2 is 2.21 bits per heavy atom. The molecule has 1 N–H and O–H groups in total. The molecular formula is C15H26N2OS. The Morgan fingerprint density at radius 1 is 1.37 bits per heavy atom. The third-order valence-corrected chi connectivity index (χ3v) is 4.97. The van der Waals surface area contributed by atoms with Crippen LogP contribution in [0.4, 0.5) is 0 Å². The lowest BCUT2D eigenvalue weighted by Gasteiger charge is -2.15. The van der Waals surface area contributed by atoms with Crippen LogP contribution in [0.5, 0.6) is 0 Å². The Kier molecular flexibility index (Phi) is 6.28. The van der Waals surface area contributed by atoms with Crippen LogP contribution in [0.1, 0.15) is 60.6 Å². The molecule has 1 aliphatic carbocycles. The van der Waals surface area contributed by atoms with Crippen molar-refractivity contribution in [1.29, 1.82) is 0 Å². The van der Waals surface area contributed by atoms with Crippen LogP contribution >= 0.6 is 11.3 Å². The topological polar surface area (TPSA) is 34.1 Å². The number of thiazole rings is 1. The molecule has 4 heteroatoms. The molecule has 0 radical (unpaired) electrons. The second-order valence-electron chi connectivity index (χ2n) is 5.27. The van der Waals surface area contributed by atoms with Crippen LogP contribution in [-0.2, 0) is 17.6 Å². The van der Waals surface area contributed by atoms with E-state index >= 15 is 0 Å². The molecule has 0 saturated carbocycles. The normalized spacial score (nSPS) is 16.3. The van der Waals surface area contributed by atoms with Gasteiger partial charge in [0.25, 0.3) is 0 Å². The molecule has 1 unspecified atom stereocenters. The first-order valence-electron chi connectivity index (χ1n) is 7.56. The van der Waals surface area contributed by atoms with E-state index in [1.807, 2.05) is 11.3 Å². The molecule has 2 rings (SSSR count). The van der Waals surface area contributed by atoms with E-state index in [1.165, 1.54) is 60.5 Å². The summed E-state index contributed by atoms with van der Waals surface area (Å²) in [6, 6.07) is 0.422. The third kappa shape index (κ3) is 4.26. The molecule has 0 fully saturated rings. The smallest absolute Gasteiger partial charge is 0.110 e. The van der Waals surface area contributed by atoms with Gasteiger partial charge in [0, 0.05) is 18.5 Å². The highest BCUT2D eigenvalue weighted by Crippen LogP contribution is 2.31. The van der Waals surface area contributed by atoms with Gasteiger partial charge in [-0.05, 0) is 32.1 Å². The quantitative estimate of drug-likeness (QED) is 0.741. The number of unbranched alkanes of at least 4 members (excludes halogenated alkanes) is 1. The minimum Gasteiger partial charge on any atom is -0.383 e. The van der Waals surface area contributed by atoms with Crippen LogP contribution in [0, 0.1) is 0 Å². The monoisotopic (exact) mass is 282 g/mol. The molecule has 1 aliphatic rings. The van der Waals surface area contributed by atoms with Crippen molar-refractivity contribution < 1.29 is 4.74 Å². The zero-order valence-electron chi connectivity index (χ0n) is 12.2. The van der Waals surface area contributed by atoms with Gasteiger partial charge in [-0.1, -0.05) is 19.8 Å². The highest BCUT2D eigenvalue weighted by Gasteiger charge is 2.20. The maximum atomic E-state index is 5.13. The average molecular weight is 282 g/mol. The second-order valence-corrected chi connectivity index (χ2v) is 6.39. The van der Waals surface area contributed by atoms with Gasteiger partial charge in [0.1, 0.15) is 5.01 Å². The Balaban J connectivity index is 2.01. The van der Waals surface area contributed by atoms with Crippen LogP contribution in [0.2, 0.25) is 0 Å². The summed E-state index contributed by atoms with van der Waals surface area (Å²) in [6.07, 6.45) is 8.77. The highest BCUT2D eigenvalue weighted by molar-refractivity contribution is 7.11. The number of fused-ring (bicyclic) bond motifs is 1. The molecule has 108 valence electrons. The molecule has 0 aliphatic heterocycles. The number of aromatic nitrogens is 1. The van der Waals surface area contributed by atoms with E-state index in [9.17, 15) is 0 Å². The zero-order chi connectivity index (χ0) is 13.5. The molecule has 0 aromatic carbocycles. The predicted molar refractivity (Wildman–Crippen MR) is 80.9 cm³/mol. The van der Waals surface area contributed by atoms with Crippen molar-refractivity contribution in [2.45, 2.75) is 57.9 Å². The minimum atomic E-state index is 0.422. The molecular weight excluding hydrogens is 256 g/mol. The summed E-state index contributed by atoms with van der Waals surface area (Å²) in [5.41, 5.74) is 1.38. The van der Waals surface area contributed by atoms with Gasteiger partial charge in [0.05, 0.1) is 18.3 Å². The standard InChI is InChI=1S/C15H26N2OS/c1-3-4-7-13(16-10-11-18-2)15-17-12-8-5-6-9-14(12)19-15/h13,16H,3-11H2,1-2H3. The van der Waals surface area contributed by atoms with Crippen LogP contribution in [-0.4, -0.2) is 25.2 Å². The number of ether oxygens (including phenoxy) is 1. The van der Waals surface area contributed by atoms with Crippen LogP contribution < -0.4 is 5.32 Å². The molecule has 0 saturated heterocycles. The van der Waals surface area contributed by atoms with E-state index in [1.54, 1.807) is 7.11 Å². The number of hydrogen-bond donors (Lipinski definition) is 1. The number of hydrogen-bond acceptors (Lipinski definition) is 4.